The van der Waals surface area contributed by atoms with Gasteiger partial charge in [0.15, 0.2) is 11.4 Å². The zero-order chi connectivity index (χ0) is 12.8. The fourth-order valence-corrected chi connectivity index (χ4v) is 1.92. The van der Waals surface area contributed by atoms with E-state index in [2.05, 4.69) is 10.3 Å². The second-order valence-corrected chi connectivity index (χ2v) is 4.53. The van der Waals surface area contributed by atoms with Crippen molar-refractivity contribution < 1.29 is 0 Å². The molecule has 17 heavy (non-hydrogen) atoms. The highest BCUT2D eigenvalue weighted by Crippen LogP contribution is 2.23. The van der Waals surface area contributed by atoms with Gasteiger partial charge in [0, 0.05) is 5.56 Å². The summed E-state index contributed by atoms with van der Waals surface area (Å²) in [7, 11) is 0. The highest BCUT2D eigenvalue weighted by molar-refractivity contribution is 8.13. The molecule has 0 atom stereocenters. The molecule has 0 aliphatic rings. The fraction of sp³-hybridized carbons (Fsp3) is 0.100. The first-order valence-corrected chi connectivity index (χ1v) is 6.46. The summed E-state index contributed by atoms with van der Waals surface area (Å²) in [4.78, 5) is 4.45. The number of nitrogens with one attached hydrogen (secondary N) is 1. The number of rotatable bonds is 2. The molecule has 1 aromatic rings. The second-order valence-electron chi connectivity index (χ2n) is 2.89. The normalized spacial score (nSPS) is 10.8. The van der Waals surface area contributed by atoms with Crippen LogP contribution >= 0.6 is 35.6 Å². The van der Waals surface area contributed by atoms with Crippen molar-refractivity contribution in [2.24, 2.45) is 10.7 Å². The number of thioether (sulfide) groups is 1. The molecule has 0 saturated heterocycles. The zero-order valence-electron chi connectivity index (χ0n) is 8.90. The van der Waals surface area contributed by atoms with Crippen LogP contribution in [0.15, 0.2) is 23.2 Å². The van der Waals surface area contributed by atoms with Crippen LogP contribution in [0.5, 0.6) is 0 Å². The predicted octanol–water partition coefficient (Wildman–Crippen LogP) is 2.40. The molecule has 0 heterocycles. The number of benzene rings is 1. The number of thiocarbonyl (C=S) groups is 1. The van der Waals surface area contributed by atoms with E-state index in [-0.39, 0.29) is 4.99 Å². The summed E-state index contributed by atoms with van der Waals surface area (Å²) >= 11 is 12.2. The van der Waals surface area contributed by atoms with Crippen LogP contribution < -0.4 is 11.1 Å². The van der Waals surface area contributed by atoms with Crippen molar-refractivity contribution in [3.63, 3.8) is 0 Å². The molecule has 88 valence electrons. The highest BCUT2D eigenvalue weighted by Gasteiger charge is 2.04. The molecule has 0 aliphatic heterocycles. The Morgan fingerprint density at radius 1 is 1.65 bits per heavy atom. The Morgan fingerprint density at radius 2 is 2.35 bits per heavy atom. The van der Waals surface area contributed by atoms with E-state index in [4.69, 9.17) is 34.8 Å². The standard InChI is InChI=1S/C10H9ClN4S2/c1-17-10(14-5-12)15-6-2-3-7(9(13)16)8(11)4-6/h2-4H,1H3,(H2,13,16)(H,14,15). The molecule has 1 rings (SSSR count). The van der Waals surface area contributed by atoms with E-state index in [0.717, 1.165) is 0 Å². The number of nitrogens with two attached hydrogens (primary N) is 1. The lowest BCUT2D eigenvalue weighted by Crippen LogP contribution is -2.12. The maximum atomic E-state index is 8.50. The molecule has 4 nitrogen and oxygen atoms in total. The Morgan fingerprint density at radius 3 is 2.82 bits per heavy atom. The van der Waals surface area contributed by atoms with Crippen molar-refractivity contribution in [3.8, 4) is 6.19 Å². The molecule has 0 aliphatic carbocycles. The minimum absolute atomic E-state index is 0.241. The van der Waals surface area contributed by atoms with Gasteiger partial charge in [-0.05, 0) is 24.5 Å². The predicted molar refractivity (Wildman–Crippen MR) is 76.7 cm³/mol. The van der Waals surface area contributed by atoms with Crippen molar-refractivity contribution >= 4 is 51.4 Å². The Labute approximate surface area is 114 Å². The van der Waals surface area contributed by atoms with Crippen molar-refractivity contribution in [2.45, 2.75) is 0 Å². The fourth-order valence-electron chi connectivity index (χ4n) is 1.06. The van der Waals surface area contributed by atoms with Gasteiger partial charge in [-0.25, -0.2) is 4.99 Å². The Kier molecular flexibility index (Phi) is 5.22. The number of aliphatic imine (C=N–C) groups is 1. The number of nitrogens with zero attached hydrogens (tertiary/aromatic N) is 2. The minimum Gasteiger partial charge on any atom is -0.389 e. The summed E-state index contributed by atoms with van der Waals surface area (Å²) in [6.07, 6.45) is 3.62. The lowest BCUT2D eigenvalue weighted by Gasteiger charge is -2.04. The number of nitriles is 1. The molecule has 1 aromatic carbocycles. The van der Waals surface area contributed by atoms with E-state index in [1.807, 2.05) is 12.4 Å². The van der Waals surface area contributed by atoms with Gasteiger partial charge in [0.25, 0.3) is 0 Å². The Balaban J connectivity index is 3.06. The quantitative estimate of drug-likeness (QED) is 0.287. The third-order valence-electron chi connectivity index (χ3n) is 1.80. The molecule has 0 spiro atoms. The Bertz CT molecular complexity index is 508. The van der Waals surface area contributed by atoms with E-state index in [1.165, 1.54) is 11.8 Å². The van der Waals surface area contributed by atoms with Gasteiger partial charge in [-0.15, -0.1) is 0 Å². The van der Waals surface area contributed by atoms with Crippen LogP contribution in [0.3, 0.4) is 0 Å². The van der Waals surface area contributed by atoms with E-state index in [1.54, 1.807) is 18.2 Å². The largest absolute Gasteiger partial charge is 0.389 e. The van der Waals surface area contributed by atoms with Crippen molar-refractivity contribution in [2.75, 3.05) is 6.26 Å². The maximum absolute atomic E-state index is 8.50. The van der Waals surface area contributed by atoms with Gasteiger partial charge in [0.1, 0.15) is 4.99 Å². The van der Waals surface area contributed by atoms with Gasteiger partial charge >= 0.3 is 0 Å². The summed E-state index contributed by atoms with van der Waals surface area (Å²) in [6, 6.07) is 5.08. The molecule has 3 N–H and O–H groups in total. The molecule has 0 radical (unpaired) electrons. The monoisotopic (exact) mass is 284 g/mol. The SMILES string of the molecule is CSC(=Nc1ccc(C(N)=S)c(Cl)c1)NC#N. The molecule has 0 unspecified atom stereocenters. The van der Waals surface area contributed by atoms with E-state index >= 15 is 0 Å². The van der Waals surface area contributed by atoms with Gasteiger partial charge in [-0.3, -0.25) is 5.32 Å². The average molecular weight is 285 g/mol. The first-order chi connectivity index (χ1) is 8.08. The molecular weight excluding hydrogens is 276 g/mol. The molecular formula is C10H9ClN4S2. The zero-order valence-corrected chi connectivity index (χ0v) is 11.3. The van der Waals surface area contributed by atoms with Crippen LogP contribution in [-0.2, 0) is 0 Å². The molecule has 0 aromatic heterocycles. The van der Waals surface area contributed by atoms with Crippen LogP contribution in [0.2, 0.25) is 5.02 Å². The summed E-state index contributed by atoms with van der Waals surface area (Å²) in [5.41, 5.74) is 6.73. The summed E-state index contributed by atoms with van der Waals surface area (Å²) < 4.78 is 0. The van der Waals surface area contributed by atoms with E-state index in [0.29, 0.717) is 21.4 Å². The van der Waals surface area contributed by atoms with Crippen LogP contribution in [0.4, 0.5) is 5.69 Å². The number of halogens is 1. The lowest BCUT2D eigenvalue weighted by molar-refractivity contribution is 1.28. The topological polar surface area (TPSA) is 74.2 Å². The first kappa shape index (κ1) is 13.8. The highest BCUT2D eigenvalue weighted by atomic mass is 35.5. The Hall–Kier alpha value is -1.29. The van der Waals surface area contributed by atoms with Gasteiger partial charge in [-0.1, -0.05) is 35.6 Å². The summed E-state index contributed by atoms with van der Waals surface area (Å²) in [5, 5.41) is 11.9. The number of hydrogen-bond acceptors (Lipinski definition) is 4. The van der Waals surface area contributed by atoms with Crippen molar-refractivity contribution in [1.82, 2.24) is 5.32 Å². The van der Waals surface area contributed by atoms with E-state index < -0.39 is 0 Å². The number of hydrogen-bond donors (Lipinski definition) is 2. The van der Waals surface area contributed by atoms with E-state index in [9.17, 15) is 0 Å². The van der Waals surface area contributed by atoms with Crippen LogP contribution in [0, 0.1) is 11.5 Å². The van der Waals surface area contributed by atoms with Gasteiger partial charge in [-0.2, -0.15) is 5.26 Å². The van der Waals surface area contributed by atoms with Crippen molar-refractivity contribution in [3.05, 3.63) is 28.8 Å². The summed E-state index contributed by atoms with van der Waals surface area (Å²) in [6.45, 7) is 0. The molecule has 0 bridgehead atoms. The van der Waals surface area contributed by atoms with Gasteiger partial charge in [0.2, 0.25) is 0 Å². The minimum atomic E-state index is 0.241. The van der Waals surface area contributed by atoms with Crippen LogP contribution in [0.25, 0.3) is 0 Å². The van der Waals surface area contributed by atoms with Gasteiger partial charge in [0.05, 0.1) is 10.7 Å². The van der Waals surface area contributed by atoms with Crippen LogP contribution in [0.1, 0.15) is 5.56 Å². The summed E-state index contributed by atoms with van der Waals surface area (Å²) in [5.74, 6) is 0. The smallest absolute Gasteiger partial charge is 0.183 e. The third-order valence-corrected chi connectivity index (χ3v) is 2.92. The second kappa shape index (κ2) is 6.45. The first-order valence-electron chi connectivity index (χ1n) is 4.45. The molecule has 0 saturated carbocycles. The van der Waals surface area contributed by atoms with Gasteiger partial charge < -0.3 is 5.73 Å². The third kappa shape index (κ3) is 3.89. The van der Waals surface area contributed by atoms with Crippen molar-refractivity contribution in [1.29, 1.82) is 5.26 Å². The lowest BCUT2D eigenvalue weighted by atomic mass is 10.2. The van der Waals surface area contributed by atoms with Crippen LogP contribution in [-0.4, -0.2) is 16.4 Å². The molecule has 7 heteroatoms. The molecule has 0 amide bonds. The molecule has 0 fully saturated rings. The maximum Gasteiger partial charge on any atom is 0.183 e. The number of amidine groups is 1. The average Bonchev–Trinajstić information content (AvgIpc) is 2.28.